The lowest BCUT2D eigenvalue weighted by atomic mass is 10.4. The van der Waals surface area contributed by atoms with Crippen LogP contribution in [0.1, 0.15) is 0 Å². The molecule has 86 valence electrons. The van der Waals surface area contributed by atoms with Crippen LogP contribution >= 0.6 is 0 Å². The lowest BCUT2D eigenvalue weighted by molar-refractivity contribution is 0.558. The third-order valence-corrected chi connectivity index (χ3v) is 1.68. The number of aromatic nitrogens is 1. The Morgan fingerprint density at radius 2 is 0.882 bits per heavy atom. The molecule has 0 N–H and O–H groups in total. The first kappa shape index (κ1) is 12.7. The van der Waals surface area contributed by atoms with Crippen LogP contribution in [-0.2, 0) is 0 Å². The molecule has 0 saturated carbocycles. The predicted octanol–water partition coefficient (Wildman–Crippen LogP) is 4.05. The minimum absolute atomic E-state index is 1.38. The Bertz CT molecular complexity index is 321. The van der Waals surface area contributed by atoms with Gasteiger partial charge in [0.25, 0.3) is 0 Å². The number of benzene rings is 2. The zero-order valence-electron chi connectivity index (χ0n) is 9.52. The maximum Gasteiger partial charge on any atom is 0.180 e. The average Bonchev–Trinajstić information content (AvgIpc) is 3.03. The van der Waals surface area contributed by atoms with Gasteiger partial charge in [0.15, 0.2) is 6.39 Å². The van der Waals surface area contributed by atoms with Gasteiger partial charge in [-0.25, -0.2) is 4.98 Å². The van der Waals surface area contributed by atoms with Crippen LogP contribution in [0.3, 0.4) is 0 Å². The fourth-order valence-electron chi connectivity index (χ4n) is 0.945. The Balaban J connectivity index is 0.000000128. The van der Waals surface area contributed by atoms with E-state index < -0.39 is 0 Å². The van der Waals surface area contributed by atoms with E-state index in [-0.39, 0.29) is 0 Å². The summed E-state index contributed by atoms with van der Waals surface area (Å²) in [7, 11) is 0. The summed E-state index contributed by atoms with van der Waals surface area (Å²) in [5, 5.41) is 0. The maximum absolute atomic E-state index is 4.47. The zero-order chi connectivity index (χ0) is 12.0. The van der Waals surface area contributed by atoms with Crippen LogP contribution in [0.25, 0.3) is 0 Å². The van der Waals surface area contributed by atoms with Crippen LogP contribution in [0.2, 0.25) is 0 Å². The smallest absolute Gasteiger partial charge is 0.180 e. The molecule has 2 nitrogen and oxygen atoms in total. The molecule has 2 aromatic carbocycles. The molecule has 0 fully saturated rings. The zero-order valence-corrected chi connectivity index (χ0v) is 9.52. The first-order valence-electron chi connectivity index (χ1n) is 5.32. The molecule has 1 aromatic heterocycles. The van der Waals surface area contributed by atoms with Gasteiger partial charge in [-0.1, -0.05) is 72.8 Å². The molecule has 17 heavy (non-hydrogen) atoms. The van der Waals surface area contributed by atoms with Gasteiger partial charge in [-0.15, -0.1) is 0 Å². The summed E-state index contributed by atoms with van der Waals surface area (Å²) in [6.45, 7) is 0. The van der Waals surface area contributed by atoms with Crippen LogP contribution in [0.5, 0.6) is 0 Å². The van der Waals surface area contributed by atoms with E-state index in [0.717, 1.165) is 0 Å². The van der Waals surface area contributed by atoms with Gasteiger partial charge in [-0.05, 0) is 0 Å². The van der Waals surface area contributed by atoms with Crippen molar-refractivity contribution in [2.45, 2.75) is 0 Å². The highest BCUT2D eigenvalue weighted by Crippen LogP contribution is 1.80. The van der Waals surface area contributed by atoms with Gasteiger partial charge >= 0.3 is 0 Å². The van der Waals surface area contributed by atoms with Crippen LogP contribution in [0.4, 0.5) is 0 Å². The molecular weight excluding hydrogens is 210 g/mol. The van der Waals surface area contributed by atoms with Crippen molar-refractivity contribution in [1.29, 1.82) is 0 Å². The third kappa shape index (κ3) is 8.63. The van der Waals surface area contributed by atoms with E-state index in [9.17, 15) is 0 Å². The SMILES string of the molecule is c1ccccc1.c1ccccc1.c1cocn1. The van der Waals surface area contributed by atoms with Gasteiger partial charge in [0.2, 0.25) is 0 Å². The highest BCUT2D eigenvalue weighted by molar-refractivity contribution is 4.99. The molecule has 0 atom stereocenters. The summed E-state index contributed by atoms with van der Waals surface area (Å²) < 4.78 is 4.47. The molecule has 0 radical (unpaired) electrons. The average molecular weight is 225 g/mol. The molecule has 2 heteroatoms. The molecule has 1 heterocycles. The summed E-state index contributed by atoms with van der Waals surface area (Å²) in [4.78, 5) is 3.56. The van der Waals surface area contributed by atoms with Crippen molar-refractivity contribution in [2.75, 3.05) is 0 Å². The Labute approximate surface area is 102 Å². The van der Waals surface area contributed by atoms with Gasteiger partial charge in [0.1, 0.15) is 6.26 Å². The number of rotatable bonds is 0. The van der Waals surface area contributed by atoms with E-state index in [1.807, 2.05) is 72.8 Å². The molecule has 0 unspecified atom stereocenters. The Hall–Kier alpha value is -2.35. The minimum atomic E-state index is 1.38. The Morgan fingerprint density at radius 3 is 1.00 bits per heavy atom. The van der Waals surface area contributed by atoms with E-state index >= 15 is 0 Å². The number of oxazole rings is 1. The van der Waals surface area contributed by atoms with Gasteiger partial charge in [-0.3, -0.25) is 0 Å². The van der Waals surface area contributed by atoms with Gasteiger partial charge < -0.3 is 4.42 Å². The molecule has 3 rings (SSSR count). The standard InChI is InChI=1S/2C6H6.C3H3NO/c2*1-2-4-6-5-3-1;1-2-5-3-4-1/h2*1-6H;1-3H. The molecule has 0 aliphatic heterocycles. The van der Waals surface area contributed by atoms with Crippen molar-refractivity contribution in [1.82, 2.24) is 4.98 Å². The van der Waals surface area contributed by atoms with Crippen LogP contribution in [0.15, 0.2) is 96.1 Å². The lowest BCUT2D eigenvalue weighted by Gasteiger charge is -1.69. The summed E-state index contributed by atoms with van der Waals surface area (Å²) in [5.74, 6) is 0. The quantitative estimate of drug-likeness (QED) is 0.577. The summed E-state index contributed by atoms with van der Waals surface area (Å²) in [5.41, 5.74) is 0. The first-order valence-corrected chi connectivity index (χ1v) is 5.32. The molecule has 3 aromatic rings. The molecule has 0 aliphatic carbocycles. The summed E-state index contributed by atoms with van der Waals surface area (Å²) in [6, 6.07) is 24.0. The van der Waals surface area contributed by atoms with E-state index in [1.165, 1.54) is 12.7 Å². The highest BCUT2D eigenvalue weighted by Gasteiger charge is 1.59. The molecular formula is C15H15NO. The number of nitrogens with zero attached hydrogens (tertiary/aromatic N) is 1. The van der Waals surface area contributed by atoms with Gasteiger partial charge in [-0.2, -0.15) is 0 Å². The van der Waals surface area contributed by atoms with Gasteiger partial charge in [0, 0.05) is 0 Å². The van der Waals surface area contributed by atoms with Gasteiger partial charge in [0.05, 0.1) is 6.20 Å². The lowest BCUT2D eigenvalue weighted by Crippen LogP contribution is -1.47. The minimum Gasteiger partial charge on any atom is -0.452 e. The second kappa shape index (κ2) is 10.2. The van der Waals surface area contributed by atoms with E-state index in [4.69, 9.17) is 0 Å². The van der Waals surface area contributed by atoms with Crippen LogP contribution in [0, 0.1) is 0 Å². The molecule has 0 bridgehead atoms. The normalized spacial score (nSPS) is 8.00. The number of hydrogen-bond acceptors (Lipinski definition) is 2. The van der Waals surface area contributed by atoms with Crippen molar-refractivity contribution in [3.05, 3.63) is 91.7 Å². The van der Waals surface area contributed by atoms with Crippen LogP contribution in [-0.4, -0.2) is 4.98 Å². The van der Waals surface area contributed by atoms with E-state index in [1.54, 1.807) is 6.20 Å². The second-order valence-corrected chi connectivity index (χ2v) is 2.99. The Morgan fingerprint density at radius 1 is 0.529 bits per heavy atom. The van der Waals surface area contributed by atoms with Crippen molar-refractivity contribution >= 4 is 0 Å². The summed E-state index contributed by atoms with van der Waals surface area (Å²) in [6.07, 6.45) is 4.47. The maximum atomic E-state index is 4.47. The molecule has 0 spiro atoms. The van der Waals surface area contributed by atoms with Crippen LogP contribution < -0.4 is 0 Å². The summed E-state index contributed by atoms with van der Waals surface area (Å²) >= 11 is 0. The monoisotopic (exact) mass is 225 g/mol. The fourth-order valence-corrected chi connectivity index (χ4v) is 0.945. The van der Waals surface area contributed by atoms with Crippen molar-refractivity contribution < 1.29 is 4.42 Å². The van der Waals surface area contributed by atoms with Crippen molar-refractivity contribution in [3.8, 4) is 0 Å². The third-order valence-electron chi connectivity index (χ3n) is 1.68. The van der Waals surface area contributed by atoms with Crippen molar-refractivity contribution in [2.24, 2.45) is 0 Å². The number of hydrogen-bond donors (Lipinski definition) is 0. The Kier molecular flexibility index (Phi) is 7.61. The molecule has 0 saturated heterocycles. The second-order valence-electron chi connectivity index (χ2n) is 2.99. The fraction of sp³-hybridized carbons (Fsp3) is 0. The largest absolute Gasteiger partial charge is 0.452 e. The first-order chi connectivity index (χ1) is 8.50. The molecule has 0 amide bonds. The predicted molar refractivity (Wildman–Crippen MR) is 69.4 cm³/mol. The van der Waals surface area contributed by atoms with Crippen molar-refractivity contribution in [3.63, 3.8) is 0 Å². The van der Waals surface area contributed by atoms with E-state index in [0.29, 0.717) is 0 Å². The van der Waals surface area contributed by atoms with E-state index in [2.05, 4.69) is 9.40 Å². The highest BCUT2D eigenvalue weighted by atomic mass is 16.3. The molecule has 0 aliphatic rings. The topological polar surface area (TPSA) is 26.0 Å².